The first-order chi connectivity index (χ1) is 15.0. The van der Waals surface area contributed by atoms with Gasteiger partial charge in [0.1, 0.15) is 17.3 Å². The van der Waals surface area contributed by atoms with E-state index in [1.165, 1.54) is 7.11 Å². The Hall–Kier alpha value is -3.28. The minimum Gasteiger partial charge on any atom is -0.507 e. The summed E-state index contributed by atoms with van der Waals surface area (Å²) in [6, 6.07) is 11.9. The molecule has 0 spiro atoms. The molecule has 0 aromatic heterocycles. The number of nitrogens with zero attached hydrogens (tertiary/aromatic N) is 1. The molecule has 4 rings (SSSR count). The van der Waals surface area contributed by atoms with Crippen LogP contribution in [-0.2, 0) is 9.59 Å². The van der Waals surface area contributed by atoms with Gasteiger partial charge in [0.2, 0.25) is 0 Å². The zero-order chi connectivity index (χ0) is 22.1. The second-order valence-electron chi connectivity index (χ2n) is 8.09. The van der Waals surface area contributed by atoms with Crippen molar-refractivity contribution < 1.29 is 24.2 Å². The molecule has 2 fully saturated rings. The number of rotatable bonds is 5. The Balaban J connectivity index is 1.97. The molecule has 1 aliphatic carbocycles. The molecule has 1 N–H and O–H groups in total. The van der Waals surface area contributed by atoms with Gasteiger partial charge in [-0.3, -0.25) is 9.59 Å². The van der Waals surface area contributed by atoms with E-state index in [2.05, 4.69) is 0 Å². The van der Waals surface area contributed by atoms with E-state index in [9.17, 15) is 14.7 Å². The quantitative estimate of drug-likeness (QED) is 0.441. The summed E-state index contributed by atoms with van der Waals surface area (Å²) in [6.07, 6.45) is 3.70. The zero-order valence-corrected chi connectivity index (χ0v) is 18.1. The van der Waals surface area contributed by atoms with Crippen molar-refractivity contribution in [2.75, 3.05) is 14.2 Å². The number of methoxy groups -OCH3 is 2. The fourth-order valence-electron chi connectivity index (χ4n) is 4.76. The zero-order valence-electron chi connectivity index (χ0n) is 18.1. The van der Waals surface area contributed by atoms with E-state index in [0.717, 1.165) is 31.2 Å². The lowest BCUT2D eigenvalue weighted by Gasteiger charge is -2.31. The molecule has 6 nitrogen and oxygen atoms in total. The second kappa shape index (κ2) is 8.46. The second-order valence-corrected chi connectivity index (χ2v) is 8.09. The molecule has 1 saturated carbocycles. The summed E-state index contributed by atoms with van der Waals surface area (Å²) < 4.78 is 11.0. The third-order valence-electron chi connectivity index (χ3n) is 6.24. The van der Waals surface area contributed by atoms with Crippen LogP contribution in [0.4, 0.5) is 0 Å². The van der Waals surface area contributed by atoms with Crippen molar-refractivity contribution in [3.63, 3.8) is 0 Å². The largest absolute Gasteiger partial charge is 0.507 e. The lowest BCUT2D eigenvalue weighted by Crippen LogP contribution is -2.37. The van der Waals surface area contributed by atoms with Crippen molar-refractivity contribution >= 4 is 17.4 Å². The Bertz CT molecular complexity index is 1050. The highest BCUT2D eigenvalue weighted by molar-refractivity contribution is 6.46. The van der Waals surface area contributed by atoms with Crippen LogP contribution in [0.25, 0.3) is 5.76 Å². The molecule has 1 amide bonds. The SMILES string of the molecule is COc1ccc(C)cc1/C(O)=C1\C(=O)C(=O)N(C2CCCC2)C1c1ccccc1OC. The predicted octanol–water partition coefficient (Wildman–Crippen LogP) is 4.38. The maximum atomic E-state index is 13.3. The van der Waals surface area contributed by atoms with Crippen LogP contribution in [0.1, 0.15) is 48.4 Å². The first kappa shape index (κ1) is 21.0. The number of carbonyl (C=O) groups excluding carboxylic acids is 2. The smallest absolute Gasteiger partial charge is 0.295 e. The number of carbonyl (C=O) groups is 2. The summed E-state index contributed by atoms with van der Waals surface area (Å²) in [7, 11) is 3.07. The molecule has 162 valence electrons. The predicted molar refractivity (Wildman–Crippen MR) is 117 cm³/mol. The molecule has 0 bridgehead atoms. The van der Waals surface area contributed by atoms with E-state index < -0.39 is 17.7 Å². The summed E-state index contributed by atoms with van der Waals surface area (Å²) in [4.78, 5) is 28.1. The van der Waals surface area contributed by atoms with Gasteiger partial charge in [0.15, 0.2) is 0 Å². The van der Waals surface area contributed by atoms with Crippen molar-refractivity contribution in [3.8, 4) is 11.5 Å². The maximum absolute atomic E-state index is 13.3. The van der Waals surface area contributed by atoms with Crippen molar-refractivity contribution in [3.05, 3.63) is 64.7 Å². The van der Waals surface area contributed by atoms with Gasteiger partial charge in [-0.15, -0.1) is 0 Å². The van der Waals surface area contributed by atoms with Crippen molar-refractivity contribution in [2.45, 2.75) is 44.7 Å². The van der Waals surface area contributed by atoms with Crippen LogP contribution in [0.2, 0.25) is 0 Å². The van der Waals surface area contributed by atoms with E-state index in [-0.39, 0.29) is 17.4 Å². The number of ketones is 1. The number of aryl methyl sites for hydroxylation is 1. The van der Waals surface area contributed by atoms with Gasteiger partial charge >= 0.3 is 0 Å². The average molecular weight is 421 g/mol. The average Bonchev–Trinajstić information content (AvgIpc) is 3.40. The number of benzene rings is 2. The van der Waals surface area contributed by atoms with Crippen LogP contribution < -0.4 is 9.47 Å². The van der Waals surface area contributed by atoms with Gasteiger partial charge in [-0.05, 0) is 38.0 Å². The fraction of sp³-hybridized carbons (Fsp3) is 0.360. The molecular weight excluding hydrogens is 394 g/mol. The van der Waals surface area contributed by atoms with E-state index >= 15 is 0 Å². The van der Waals surface area contributed by atoms with Crippen LogP contribution in [0.5, 0.6) is 11.5 Å². The van der Waals surface area contributed by atoms with Crippen molar-refractivity contribution in [1.82, 2.24) is 4.90 Å². The standard InChI is InChI=1S/C25H27NO5/c1-15-12-13-20(31-3)18(14-15)23(27)21-22(17-10-6-7-11-19(17)30-2)26(25(29)24(21)28)16-8-4-5-9-16/h6-7,10-14,16,22,27H,4-5,8-9H2,1-3H3/b23-21+. The van der Waals surface area contributed by atoms with Crippen LogP contribution in [0.15, 0.2) is 48.0 Å². The molecule has 2 aromatic rings. The number of aliphatic hydroxyl groups excluding tert-OH is 1. The summed E-state index contributed by atoms with van der Waals surface area (Å²) in [5, 5.41) is 11.4. The molecule has 31 heavy (non-hydrogen) atoms. The molecule has 0 radical (unpaired) electrons. The number of Topliss-reactive ketones (excluding diaryl/α,β-unsaturated/α-hetero) is 1. The minimum absolute atomic E-state index is 0.0453. The van der Waals surface area contributed by atoms with Crippen LogP contribution >= 0.6 is 0 Å². The van der Waals surface area contributed by atoms with Gasteiger partial charge < -0.3 is 19.5 Å². The fourth-order valence-corrected chi connectivity index (χ4v) is 4.76. The van der Waals surface area contributed by atoms with Crippen LogP contribution in [-0.4, -0.2) is 42.0 Å². The number of para-hydroxylation sites is 1. The van der Waals surface area contributed by atoms with Gasteiger partial charge in [-0.25, -0.2) is 0 Å². The monoisotopic (exact) mass is 421 g/mol. The Morgan fingerprint density at radius 1 is 1.00 bits per heavy atom. The lowest BCUT2D eigenvalue weighted by atomic mass is 9.93. The topological polar surface area (TPSA) is 76.1 Å². The maximum Gasteiger partial charge on any atom is 0.295 e. The molecule has 6 heteroatoms. The summed E-state index contributed by atoms with van der Waals surface area (Å²) >= 11 is 0. The number of ether oxygens (including phenoxy) is 2. The molecule has 1 saturated heterocycles. The molecule has 2 aliphatic rings. The molecule has 1 heterocycles. The first-order valence-electron chi connectivity index (χ1n) is 10.6. The van der Waals surface area contributed by atoms with Crippen molar-refractivity contribution in [1.29, 1.82) is 0 Å². The minimum atomic E-state index is -0.718. The van der Waals surface area contributed by atoms with Gasteiger partial charge in [0.25, 0.3) is 11.7 Å². The summed E-state index contributed by atoms with van der Waals surface area (Å²) in [5.74, 6) is -0.469. The van der Waals surface area contributed by atoms with E-state index in [4.69, 9.17) is 9.47 Å². The summed E-state index contributed by atoms with van der Waals surface area (Å²) in [5.41, 5.74) is 2.06. The number of hydrogen-bond acceptors (Lipinski definition) is 5. The van der Waals surface area contributed by atoms with E-state index in [1.54, 1.807) is 30.2 Å². The molecular formula is C25H27NO5. The molecule has 2 aromatic carbocycles. The number of aliphatic hydroxyl groups is 1. The Kier molecular flexibility index (Phi) is 5.72. The molecule has 1 unspecified atom stereocenters. The highest BCUT2D eigenvalue weighted by Crippen LogP contribution is 2.46. The highest BCUT2D eigenvalue weighted by atomic mass is 16.5. The first-order valence-corrected chi connectivity index (χ1v) is 10.6. The Morgan fingerprint density at radius 3 is 2.35 bits per heavy atom. The van der Waals surface area contributed by atoms with Crippen LogP contribution in [0, 0.1) is 6.92 Å². The Labute approximate surface area is 182 Å². The van der Waals surface area contributed by atoms with Crippen LogP contribution in [0.3, 0.4) is 0 Å². The molecule has 1 aliphatic heterocycles. The van der Waals surface area contributed by atoms with Crippen molar-refractivity contribution in [2.24, 2.45) is 0 Å². The highest BCUT2D eigenvalue weighted by Gasteiger charge is 2.50. The van der Waals surface area contributed by atoms with Gasteiger partial charge in [0.05, 0.1) is 31.4 Å². The number of hydrogen-bond donors (Lipinski definition) is 1. The van der Waals surface area contributed by atoms with E-state index in [1.807, 2.05) is 31.2 Å². The lowest BCUT2D eigenvalue weighted by molar-refractivity contribution is -0.141. The van der Waals surface area contributed by atoms with Gasteiger partial charge in [-0.1, -0.05) is 42.7 Å². The number of amides is 1. The third kappa shape index (κ3) is 3.56. The van der Waals surface area contributed by atoms with Gasteiger partial charge in [-0.2, -0.15) is 0 Å². The third-order valence-corrected chi connectivity index (χ3v) is 6.24. The number of likely N-dealkylation sites (tertiary alicyclic amines) is 1. The van der Waals surface area contributed by atoms with Gasteiger partial charge in [0, 0.05) is 11.6 Å². The van der Waals surface area contributed by atoms with E-state index in [0.29, 0.717) is 22.6 Å². The Morgan fingerprint density at radius 2 is 1.68 bits per heavy atom. The molecule has 1 atom stereocenters. The summed E-state index contributed by atoms with van der Waals surface area (Å²) in [6.45, 7) is 1.89. The normalized spacial score (nSPS) is 21.0.